The first-order valence-electron chi connectivity index (χ1n) is 10.1. The Bertz CT molecular complexity index is 925. The van der Waals surface area contributed by atoms with Crippen molar-refractivity contribution in [3.05, 3.63) is 71.3 Å². The summed E-state index contributed by atoms with van der Waals surface area (Å²) in [6, 6.07) is 15.0. The molecule has 2 aromatic carbocycles. The lowest BCUT2D eigenvalue weighted by Gasteiger charge is -2.37. The first-order valence-corrected chi connectivity index (χ1v) is 10.1. The summed E-state index contributed by atoms with van der Waals surface area (Å²) in [6.07, 6.45) is 5.37. The molecule has 0 radical (unpaired) electrons. The summed E-state index contributed by atoms with van der Waals surface area (Å²) in [6.45, 7) is 3.04. The van der Waals surface area contributed by atoms with Gasteiger partial charge in [-0.2, -0.15) is 0 Å². The monoisotopic (exact) mass is 378 g/mol. The van der Waals surface area contributed by atoms with Gasteiger partial charge in [0.05, 0.1) is 32.2 Å². The molecule has 1 spiro atoms. The molecule has 3 aliphatic rings. The molecular weight excluding hydrogens is 350 g/mol. The molecule has 0 fully saturated rings. The van der Waals surface area contributed by atoms with Crippen LogP contribution in [0.4, 0.5) is 0 Å². The molecule has 4 heteroatoms. The van der Waals surface area contributed by atoms with E-state index in [1.54, 1.807) is 7.11 Å². The molecule has 0 amide bonds. The van der Waals surface area contributed by atoms with Crippen LogP contribution in [0.3, 0.4) is 0 Å². The predicted octanol–water partition coefficient (Wildman–Crippen LogP) is 3.57. The van der Waals surface area contributed by atoms with Crippen LogP contribution in [0.2, 0.25) is 0 Å². The Morgan fingerprint density at radius 1 is 1.21 bits per heavy atom. The zero-order valence-corrected chi connectivity index (χ0v) is 16.6. The fraction of sp³-hybridized carbons (Fsp3) is 0.417. The Morgan fingerprint density at radius 2 is 2.04 bits per heavy atom. The highest BCUT2D eigenvalue weighted by Crippen LogP contribution is 2.56. The molecular formula is C24H28NO3+. The van der Waals surface area contributed by atoms with Crippen LogP contribution in [0.15, 0.2) is 54.6 Å². The van der Waals surface area contributed by atoms with Crippen molar-refractivity contribution in [1.82, 2.24) is 0 Å². The van der Waals surface area contributed by atoms with Gasteiger partial charge in [0, 0.05) is 29.5 Å². The molecule has 4 nitrogen and oxygen atoms in total. The maximum atomic E-state index is 10.2. The van der Waals surface area contributed by atoms with Crippen molar-refractivity contribution in [2.75, 3.05) is 20.7 Å². The van der Waals surface area contributed by atoms with Crippen LogP contribution in [0.1, 0.15) is 29.5 Å². The number of aliphatic hydroxyl groups excluding tert-OH is 1. The topological polar surface area (TPSA) is 38.7 Å². The zero-order chi connectivity index (χ0) is 19.4. The lowest BCUT2D eigenvalue weighted by atomic mass is 9.69. The van der Waals surface area contributed by atoms with Gasteiger partial charge in [0.1, 0.15) is 19.2 Å². The van der Waals surface area contributed by atoms with Crippen LogP contribution in [0.5, 0.6) is 11.5 Å². The van der Waals surface area contributed by atoms with Gasteiger partial charge in [-0.3, -0.25) is 0 Å². The van der Waals surface area contributed by atoms with E-state index in [0.29, 0.717) is 6.42 Å². The molecule has 0 aromatic heterocycles. The second kappa shape index (κ2) is 6.36. The lowest BCUT2D eigenvalue weighted by Crippen LogP contribution is -2.46. The number of benzene rings is 2. The van der Waals surface area contributed by atoms with Gasteiger partial charge in [-0.1, -0.05) is 42.5 Å². The van der Waals surface area contributed by atoms with Crippen molar-refractivity contribution in [1.29, 1.82) is 0 Å². The summed E-state index contributed by atoms with van der Waals surface area (Å²) in [5, 5.41) is 10.2. The maximum Gasteiger partial charge on any atom is 0.166 e. The second-order valence-electron chi connectivity index (χ2n) is 8.84. The minimum absolute atomic E-state index is 0.0270. The highest BCUT2D eigenvalue weighted by Gasteiger charge is 2.54. The number of ether oxygens (including phenoxy) is 2. The molecule has 28 heavy (non-hydrogen) atoms. The van der Waals surface area contributed by atoms with Crippen LogP contribution in [0, 0.1) is 0 Å². The van der Waals surface area contributed by atoms with Crippen molar-refractivity contribution in [2.45, 2.75) is 43.6 Å². The van der Waals surface area contributed by atoms with Crippen LogP contribution in [-0.2, 0) is 18.5 Å². The number of hydrogen-bond donors (Lipinski definition) is 1. The number of quaternary nitrogens is 1. The fourth-order valence-corrected chi connectivity index (χ4v) is 5.44. The average Bonchev–Trinajstić information content (AvgIpc) is 2.96. The van der Waals surface area contributed by atoms with Gasteiger partial charge in [0.15, 0.2) is 11.5 Å². The van der Waals surface area contributed by atoms with E-state index < -0.39 is 6.10 Å². The standard InChI is InChI=1S/C24H28NO3/c1-25(15-17-6-4-3-5-7-17)13-12-24-11-10-19(26)14-21(24)28-23-20(27-2)9-8-18(16-25)22(23)24/h3-11,19,21,26H,12-16H2,1-2H3/q+1/t19-,21-,24-,25?/m0/s1. The van der Waals surface area contributed by atoms with Gasteiger partial charge in [-0.05, 0) is 12.1 Å². The van der Waals surface area contributed by atoms with Crippen molar-refractivity contribution in [3.63, 3.8) is 0 Å². The van der Waals surface area contributed by atoms with Gasteiger partial charge in [-0.25, -0.2) is 0 Å². The summed E-state index contributed by atoms with van der Waals surface area (Å²) in [5.74, 6) is 1.69. The van der Waals surface area contributed by atoms with Gasteiger partial charge in [-0.15, -0.1) is 0 Å². The number of rotatable bonds is 3. The second-order valence-corrected chi connectivity index (χ2v) is 8.84. The summed E-state index contributed by atoms with van der Waals surface area (Å²) < 4.78 is 13.0. The van der Waals surface area contributed by atoms with Crippen LogP contribution < -0.4 is 9.47 Å². The molecule has 1 unspecified atom stereocenters. The lowest BCUT2D eigenvalue weighted by molar-refractivity contribution is -0.935. The van der Waals surface area contributed by atoms with Crippen molar-refractivity contribution in [3.8, 4) is 11.5 Å². The summed E-state index contributed by atoms with van der Waals surface area (Å²) in [7, 11) is 4.06. The Balaban J connectivity index is 1.61. The van der Waals surface area contributed by atoms with Crippen molar-refractivity contribution in [2.24, 2.45) is 0 Å². The minimum Gasteiger partial charge on any atom is -0.493 e. The summed E-state index contributed by atoms with van der Waals surface area (Å²) >= 11 is 0. The Hall–Kier alpha value is -2.30. The van der Waals surface area contributed by atoms with E-state index in [9.17, 15) is 5.11 Å². The van der Waals surface area contributed by atoms with E-state index in [1.807, 2.05) is 12.1 Å². The molecule has 0 bridgehead atoms. The quantitative estimate of drug-likeness (QED) is 0.656. The third-order valence-electron chi connectivity index (χ3n) is 6.82. The smallest absolute Gasteiger partial charge is 0.166 e. The van der Waals surface area contributed by atoms with E-state index in [4.69, 9.17) is 9.47 Å². The van der Waals surface area contributed by atoms with E-state index in [0.717, 1.165) is 42.0 Å². The van der Waals surface area contributed by atoms with Crippen molar-refractivity contribution >= 4 is 0 Å². The fourth-order valence-electron chi connectivity index (χ4n) is 5.44. The first kappa shape index (κ1) is 17.8. The molecule has 0 saturated carbocycles. The van der Waals surface area contributed by atoms with Gasteiger partial charge >= 0.3 is 0 Å². The molecule has 2 aromatic rings. The van der Waals surface area contributed by atoms with E-state index in [-0.39, 0.29) is 11.5 Å². The molecule has 2 aliphatic heterocycles. The summed E-state index contributed by atoms with van der Waals surface area (Å²) in [5.41, 5.74) is 3.84. The molecule has 1 N–H and O–H groups in total. The van der Waals surface area contributed by atoms with Crippen LogP contribution >= 0.6 is 0 Å². The average molecular weight is 378 g/mol. The molecule has 5 rings (SSSR count). The highest BCUT2D eigenvalue weighted by atomic mass is 16.5. The molecule has 2 heterocycles. The minimum atomic E-state index is -0.437. The number of aliphatic hydroxyl groups is 1. The molecule has 1 aliphatic carbocycles. The van der Waals surface area contributed by atoms with Crippen LogP contribution in [0.25, 0.3) is 0 Å². The number of methoxy groups -OCH3 is 1. The Labute approximate surface area is 166 Å². The van der Waals surface area contributed by atoms with E-state index in [1.165, 1.54) is 16.7 Å². The zero-order valence-electron chi connectivity index (χ0n) is 16.6. The van der Waals surface area contributed by atoms with E-state index >= 15 is 0 Å². The summed E-state index contributed by atoms with van der Waals surface area (Å²) in [4.78, 5) is 0. The third-order valence-corrected chi connectivity index (χ3v) is 6.82. The first-order chi connectivity index (χ1) is 13.5. The van der Waals surface area contributed by atoms with Gasteiger partial charge in [0.25, 0.3) is 0 Å². The Kier molecular flexibility index (Phi) is 4.04. The maximum absolute atomic E-state index is 10.2. The molecule has 146 valence electrons. The predicted molar refractivity (Wildman–Crippen MR) is 108 cm³/mol. The SMILES string of the molecule is COc1ccc2c3c1O[C@H]1C[C@@H](O)C=C[C@@]31CC[N+](C)(Cc1ccccc1)C2. The van der Waals surface area contributed by atoms with Gasteiger partial charge < -0.3 is 19.1 Å². The van der Waals surface area contributed by atoms with Crippen molar-refractivity contribution < 1.29 is 19.1 Å². The van der Waals surface area contributed by atoms with Gasteiger partial charge in [0.2, 0.25) is 0 Å². The molecule has 4 atom stereocenters. The normalized spacial score (nSPS) is 32.8. The number of nitrogens with zero attached hydrogens (tertiary/aromatic N) is 1. The highest BCUT2D eigenvalue weighted by molar-refractivity contribution is 5.60. The number of hydrogen-bond acceptors (Lipinski definition) is 3. The molecule has 0 saturated heterocycles. The largest absolute Gasteiger partial charge is 0.493 e. The third kappa shape index (κ3) is 2.66. The van der Waals surface area contributed by atoms with E-state index in [2.05, 4.69) is 49.5 Å². The Morgan fingerprint density at radius 3 is 2.82 bits per heavy atom. The van der Waals surface area contributed by atoms with Crippen LogP contribution in [-0.4, -0.2) is 42.5 Å².